The molecular weight excluding hydrogens is 224 g/mol. The number of aliphatic hydroxyl groups is 1. The van der Waals surface area contributed by atoms with E-state index in [4.69, 9.17) is 0 Å². The predicted octanol–water partition coefficient (Wildman–Crippen LogP) is 2.57. The summed E-state index contributed by atoms with van der Waals surface area (Å²) in [5, 5.41) is 12.5. The molecule has 1 atom stereocenters. The van der Waals surface area contributed by atoms with Gasteiger partial charge >= 0.3 is 0 Å². The van der Waals surface area contributed by atoms with Gasteiger partial charge in [0.05, 0.1) is 6.61 Å². The molecule has 18 heavy (non-hydrogen) atoms. The molecule has 0 spiro atoms. The lowest BCUT2D eigenvalue weighted by Crippen LogP contribution is -2.29. The molecular formula is C15H26N2O. The van der Waals surface area contributed by atoms with Gasteiger partial charge in [-0.3, -0.25) is 0 Å². The summed E-state index contributed by atoms with van der Waals surface area (Å²) >= 11 is 0. The summed E-state index contributed by atoms with van der Waals surface area (Å²) in [6.07, 6.45) is 2.33. The zero-order valence-corrected chi connectivity index (χ0v) is 11.8. The van der Waals surface area contributed by atoms with Crippen LogP contribution >= 0.6 is 0 Å². The fourth-order valence-electron chi connectivity index (χ4n) is 2.12. The Morgan fingerprint density at radius 3 is 2.61 bits per heavy atom. The number of benzene rings is 1. The second-order valence-electron chi connectivity index (χ2n) is 4.63. The lowest BCUT2D eigenvalue weighted by Gasteiger charge is -2.28. The highest BCUT2D eigenvalue weighted by Gasteiger charge is 2.13. The van der Waals surface area contributed by atoms with Crippen molar-refractivity contribution >= 4 is 5.69 Å². The van der Waals surface area contributed by atoms with Gasteiger partial charge in [0.2, 0.25) is 0 Å². The van der Waals surface area contributed by atoms with Gasteiger partial charge in [-0.2, -0.15) is 0 Å². The van der Waals surface area contributed by atoms with Crippen LogP contribution < -0.4 is 10.2 Å². The summed E-state index contributed by atoms with van der Waals surface area (Å²) in [7, 11) is 1.98. The number of rotatable bonds is 8. The number of aliphatic hydroxyl groups excluding tert-OH is 1. The Morgan fingerprint density at radius 1 is 1.28 bits per heavy atom. The number of para-hydroxylation sites is 1. The van der Waals surface area contributed by atoms with Crippen LogP contribution in [0.4, 0.5) is 5.69 Å². The molecule has 0 saturated heterocycles. The van der Waals surface area contributed by atoms with Crippen LogP contribution in [0.2, 0.25) is 0 Å². The van der Waals surface area contributed by atoms with E-state index in [-0.39, 0.29) is 6.61 Å². The van der Waals surface area contributed by atoms with Crippen LogP contribution in [0.3, 0.4) is 0 Å². The van der Waals surface area contributed by atoms with Crippen molar-refractivity contribution in [2.24, 2.45) is 0 Å². The van der Waals surface area contributed by atoms with Crippen molar-refractivity contribution in [3.8, 4) is 0 Å². The van der Waals surface area contributed by atoms with E-state index in [1.54, 1.807) is 0 Å². The van der Waals surface area contributed by atoms with E-state index in [1.165, 1.54) is 17.7 Å². The minimum atomic E-state index is 0.200. The molecule has 0 amide bonds. The monoisotopic (exact) mass is 250 g/mol. The molecule has 1 aromatic carbocycles. The second kappa shape index (κ2) is 8.11. The summed E-state index contributed by atoms with van der Waals surface area (Å²) in [6.45, 7) is 6.26. The second-order valence-corrected chi connectivity index (χ2v) is 4.63. The van der Waals surface area contributed by atoms with E-state index in [2.05, 4.69) is 48.3 Å². The van der Waals surface area contributed by atoms with Crippen LogP contribution in [0.1, 0.15) is 38.3 Å². The summed E-state index contributed by atoms with van der Waals surface area (Å²) in [6, 6.07) is 8.77. The molecule has 102 valence electrons. The molecule has 3 nitrogen and oxygen atoms in total. The first-order valence-electron chi connectivity index (χ1n) is 6.86. The molecule has 2 N–H and O–H groups in total. The van der Waals surface area contributed by atoms with Crippen LogP contribution in [-0.4, -0.2) is 31.9 Å². The average molecular weight is 250 g/mol. The highest BCUT2D eigenvalue weighted by molar-refractivity contribution is 5.55. The molecule has 0 aliphatic heterocycles. The smallest absolute Gasteiger partial charge is 0.0606 e. The molecule has 1 rings (SSSR count). The highest BCUT2D eigenvalue weighted by atomic mass is 16.3. The van der Waals surface area contributed by atoms with E-state index in [0.717, 1.165) is 13.0 Å². The van der Waals surface area contributed by atoms with E-state index in [0.29, 0.717) is 12.6 Å². The number of hydrogen-bond acceptors (Lipinski definition) is 3. The van der Waals surface area contributed by atoms with Crippen molar-refractivity contribution in [1.82, 2.24) is 5.32 Å². The van der Waals surface area contributed by atoms with Crippen LogP contribution in [0.5, 0.6) is 0 Å². The Kier molecular flexibility index (Phi) is 6.76. The Morgan fingerprint density at radius 2 is 2.00 bits per heavy atom. The molecule has 0 fully saturated rings. The van der Waals surface area contributed by atoms with E-state index in [9.17, 15) is 5.11 Å². The van der Waals surface area contributed by atoms with Gasteiger partial charge in [-0.15, -0.1) is 0 Å². The Hall–Kier alpha value is -1.06. The molecule has 0 radical (unpaired) electrons. The molecule has 0 aromatic heterocycles. The fourth-order valence-corrected chi connectivity index (χ4v) is 2.12. The van der Waals surface area contributed by atoms with Gasteiger partial charge in [-0.1, -0.05) is 31.5 Å². The van der Waals surface area contributed by atoms with Crippen molar-refractivity contribution in [2.45, 2.75) is 32.7 Å². The number of hydrogen-bond donors (Lipinski definition) is 2. The van der Waals surface area contributed by atoms with Gasteiger partial charge in [-0.05, 0) is 32.0 Å². The molecule has 3 heteroatoms. The molecule has 0 heterocycles. The number of nitrogens with one attached hydrogen (secondary N) is 1. The topological polar surface area (TPSA) is 35.5 Å². The zero-order valence-electron chi connectivity index (χ0n) is 11.8. The van der Waals surface area contributed by atoms with Crippen molar-refractivity contribution < 1.29 is 5.11 Å². The first-order chi connectivity index (χ1) is 8.74. The van der Waals surface area contributed by atoms with Gasteiger partial charge < -0.3 is 15.3 Å². The summed E-state index contributed by atoms with van der Waals surface area (Å²) in [5.74, 6) is 0. The quantitative estimate of drug-likeness (QED) is 0.744. The van der Waals surface area contributed by atoms with Crippen LogP contribution in [-0.2, 0) is 0 Å². The van der Waals surface area contributed by atoms with Gasteiger partial charge in [0, 0.05) is 24.8 Å². The molecule has 1 unspecified atom stereocenters. The van der Waals surface area contributed by atoms with E-state index in [1.807, 2.05) is 7.05 Å². The van der Waals surface area contributed by atoms with Crippen molar-refractivity contribution in [3.63, 3.8) is 0 Å². The third kappa shape index (κ3) is 4.00. The third-order valence-electron chi connectivity index (χ3n) is 3.33. The Bertz CT molecular complexity index is 341. The summed E-state index contributed by atoms with van der Waals surface area (Å²) in [4.78, 5) is 2.28. The molecule has 1 aromatic rings. The van der Waals surface area contributed by atoms with E-state index < -0.39 is 0 Å². The van der Waals surface area contributed by atoms with Gasteiger partial charge in [0.1, 0.15) is 0 Å². The van der Waals surface area contributed by atoms with Crippen LogP contribution in [0.15, 0.2) is 24.3 Å². The lowest BCUT2D eigenvalue weighted by molar-refractivity contribution is 0.301. The predicted molar refractivity (Wildman–Crippen MR) is 78.1 cm³/mol. The number of nitrogens with zero attached hydrogens (tertiary/aromatic N) is 1. The number of unbranched alkanes of at least 4 members (excludes halogenated alkanes) is 1. The molecule has 0 saturated carbocycles. The van der Waals surface area contributed by atoms with Crippen molar-refractivity contribution in [1.29, 1.82) is 0 Å². The average Bonchev–Trinajstić information content (AvgIpc) is 2.42. The number of anilines is 1. The van der Waals surface area contributed by atoms with Gasteiger partial charge in [0.15, 0.2) is 0 Å². The normalized spacial score (nSPS) is 12.4. The van der Waals surface area contributed by atoms with Crippen molar-refractivity contribution in [2.75, 3.05) is 31.6 Å². The maximum atomic E-state index is 9.23. The Labute approximate surface area is 111 Å². The van der Waals surface area contributed by atoms with E-state index >= 15 is 0 Å². The largest absolute Gasteiger partial charge is 0.395 e. The lowest BCUT2D eigenvalue weighted by atomic mass is 10.0. The SMILES string of the molecule is CCCCN(CCO)c1ccccc1C(C)NC. The minimum absolute atomic E-state index is 0.200. The molecule has 0 aliphatic rings. The molecule has 0 aliphatic carbocycles. The first kappa shape index (κ1) is 15.0. The molecule has 0 bridgehead atoms. The first-order valence-corrected chi connectivity index (χ1v) is 6.86. The summed E-state index contributed by atoms with van der Waals surface area (Å²) < 4.78 is 0. The Balaban J connectivity index is 2.94. The minimum Gasteiger partial charge on any atom is -0.395 e. The third-order valence-corrected chi connectivity index (χ3v) is 3.33. The van der Waals surface area contributed by atoms with Crippen LogP contribution in [0, 0.1) is 0 Å². The standard InChI is InChI=1S/C15H26N2O/c1-4-5-10-17(11-12-18)15-9-7-6-8-14(15)13(2)16-3/h6-9,13,16,18H,4-5,10-12H2,1-3H3. The maximum Gasteiger partial charge on any atom is 0.0606 e. The fraction of sp³-hybridized carbons (Fsp3) is 0.600. The van der Waals surface area contributed by atoms with Crippen molar-refractivity contribution in [3.05, 3.63) is 29.8 Å². The van der Waals surface area contributed by atoms with Gasteiger partial charge in [-0.25, -0.2) is 0 Å². The highest BCUT2D eigenvalue weighted by Crippen LogP contribution is 2.26. The van der Waals surface area contributed by atoms with Crippen LogP contribution in [0.25, 0.3) is 0 Å². The summed E-state index contributed by atoms with van der Waals surface area (Å²) in [5.41, 5.74) is 2.53. The zero-order chi connectivity index (χ0) is 13.4. The van der Waals surface area contributed by atoms with Gasteiger partial charge in [0.25, 0.3) is 0 Å². The maximum absolute atomic E-state index is 9.23.